The van der Waals surface area contributed by atoms with Crippen molar-refractivity contribution in [1.82, 2.24) is 9.97 Å². The van der Waals surface area contributed by atoms with Crippen molar-refractivity contribution < 1.29 is 9.90 Å². The molecular formula is C11H10ClN3O2S. The highest BCUT2D eigenvalue weighted by atomic mass is 35.5. The van der Waals surface area contributed by atoms with Crippen LogP contribution >= 0.6 is 22.9 Å². The van der Waals surface area contributed by atoms with Gasteiger partial charge in [-0.15, -0.1) is 11.3 Å². The van der Waals surface area contributed by atoms with Crippen LogP contribution in [0.1, 0.15) is 15.4 Å². The zero-order valence-electron chi connectivity index (χ0n) is 9.26. The van der Waals surface area contributed by atoms with E-state index in [1.807, 2.05) is 12.1 Å². The number of nitrogens with one attached hydrogen (secondary N) is 1. The number of aromatic carboxylic acids is 1. The average Bonchev–Trinajstić information content (AvgIpc) is 2.75. The third-order valence-electron chi connectivity index (χ3n) is 2.16. The lowest BCUT2D eigenvalue weighted by atomic mass is 10.3. The molecule has 2 heterocycles. The van der Waals surface area contributed by atoms with Gasteiger partial charge in [0.2, 0.25) is 5.95 Å². The molecule has 0 radical (unpaired) electrons. The van der Waals surface area contributed by atoms with Crippen molar-refractivity contribution >= 4 is 34.9 Å². The van der Waals surface area contributed by atoms with Crippen LogP contribution in [-0.4, -0.2) is 27.6 Å². The first kappa shape index (κ1) is 12.8. The highest BCUT2D eigenvalue weighted by Crippen LogP contribution is 2.21. The molecule has 0 aliphatic heterocycles. The number of rotatable bonds is 5. The van der Waals surface area contributed by atoms with Crippen molar-refractivity contribution in [2.24, 2.45) is 0 Å². The summed E-state index contributed by atoms with van der Waals surface area (Å²) in [6, 6.07) is 5.17. The lowest BCUT2D eigenvalue weighted by Crippen LogP contribution is -2.10. The first-order valence-electron chi connectivity index (χ1n) is 5.19. The van der Waals surface area contributed by atoms with Crippen LogP contribution in [0.15, 0.2) is 24.4 Å². The minimum Gasteiger partial charge on any atom is -0.477 e. The molecule has 0 aliphatic carbocycles. The van der Waals surface area contributed by atoms with E-state index >= 15 is 0 Å². The van der Waals surface area contributed by atoms with Crippen LogP contribution in [0.25, 0.3) is 0 Å². The van der Waals surface area contributed by atoms with E-state index in [4.69, 9.17) is 16.7 Å². The predicted molar refractivity (Wildman–Crippen MR) is 70.5 cm³/mol. The number of halogens is 1. The normalized spacial score (nSPS) is 10.3. The van der Waals surface area contributed by atoms with E-state index < -0.39 is 5.97 Å². The summed E-state index contributed by atoms with van der Waals surface area (Å²) in [7, 11) is 0. The summed E-state index contributed by atoms with van der Waals surface area (Å²) in [6.07, 6.45) is 2.21. The number of hydrogen-bond donors (Lipinski definition) is 2. The maximum absolute atomic E-state index is 10.7. The van der Waals surface area contributed by atoms with E-state index in [1.54, 1.807) is 0 Å². The van der Waals surface area contributed by atoms with Gasteiger partial charge < -0.3 is 10.4 Å². The smallest absolute Gasteiger partial charge is 0.354 e. The van der Waals surface area contributed by atoms with Crippen molar-refractivity contribution in [1.29, 1.82) is 0 Å². The zero-order chi connectivity index (χ0) is 13.0. The topological polar surface area (TPSA) is 75.1 Å². The van der Waals surface area contributed by atoms with Gasteiger partial charge in [0.05, 0.1) is 4.34 Å². The van der Waals surface area contributed by atoms with Crippen molar-refractivity contribution in [3.8, 4) is 0 Å². The van der Waals surface area contributed by atoms with Gasteiger partial charge in [-0.05, 0) is 24.6 Å². The number of carboxylic acid groups (broad SMARTS) is 1. The van der Waals surface area contributed by atoms with Gasteiger partial charge in [0.1, 0.15) is 0 Å². The molecule has 2 rings (SSSR count). The summed E-state index contributed by atoms with van der Waals surface area (Å²) < 4.78 is 0.758. The summed E-state index contributed by atoms with van der Waals surface area (Å²) in [5.74, 6) is -0.747. The van der Waals surface area contributed by atoms with Gasteiger partial charge in [-0.2, -0.15) is 0 Å². The molecule has 5 nitrogen and oxygen atoms in total. The lowest BCUT2D eigenvalue weighted by Gasteiger charge is -2.03. The van der Waals surface area contributed by atoms with Crippen molar-refractivity contribution in [2.45, 2.75) is 6.42 Å². The molecule has 2 N–H and O–H groups in total. The number of carbonyl (C=O) groups is 1. The number of hydrogen-bond acceptors (Lipinski definition) is 5. The molecule has 0 atom stereocenters. The highest BCUT2D eigenvalue weighted by Gasteiger charge is 2.05. The molecule has 2 aromatic heterocycles. The van der Waals surface area contributed by atoms with Crippen molar-refractivity contribution in [2.75, 3.05) is 11.9 Å². The SMILES string of the molecule is O=C(O)c1ccnc(NCCc2ccc(Cl)s2)n1. The van der Waals surface area contributed by atoms with Gasteiger partial charge in [-0.25, -0.2) is 14.8 Å². The standard InChI is InChI=1S/C11H10ClN3O2S/c12-9-2-1-7(18-9)3-5-13-11-14-6-4-8(15-11)10(16)17/h1-2,4,6H,3,5H2,(H,16,17)(H,13,14,15). The lowest BCUT2D eigenvalue weighted by molar-refractivity contribution is 0.0690. The fraction of sp³-hybridized carbons (Fsp3) is 0.182. The number of thiophene rings is 1. The highest BCUT2D eigenvalue weighted by molar-refractivity contribution is 7.16. The zero-order valence-corrected chi connectivity index (χ0v) is 10.8. The minimum absolute atomic E-state index is 0.0216. The van der Waals surface area contributed by atoms with Crippen LogP contribution < -0.4 is 5.32 Å². The average molecular weight is 284 g/mol. The first-order chi connectivity index (χ1) is 8.65. The van der Waals surface area contributed by atoms with E-state index in [2.05, 4.69) is 15.3 Å². The van der Waals surface area contributed by atoms with Crippen LogP contribution in [0.3, 0.4) is 0 Å². The second kappa shape index (κ2) is 5.79. The summed E-state index contributed by atoms with van der Waals surface area (Å²) in [4.78, 5) is 19.7. The summed E-state index contributed by atoms with van der Waals surface area (Å²) in [5, 5.41) is 11.8. The molecular weight excluding hydrogens is 274 g/mol. The molecule has 0 aromatic carbocycles. The second-order valence-corrected chi connectivity index (χ2v) is 5.25. The quantitative estimate of drug-likeness (QED) is 0.882. The Morgan fingerprint density at radius 2 is 2.28 bits per heavy atom. The Hall–Kier alpha value is -1.66. The Morgan fingerprint density at radius 1 is 1.44 bits per heavy atom. The molecule has 2 aromatic rings. The number of carboxylic acids is 1. The number of anilines is 1. The molecule has 0 spiro atoms. The molecule has 7 heteroatoms. The van der Waals surface area contributed by atoms with E-state index in [-0.39, 0.29) is 5.69 Å². The third-order valence-corrected chi connectivity index (χ3v) is 3.45. The Labute approximate surface area is 112 Å². The molecule has 0 saturated heterocycles. The van der Waals surface area contributed by atoms with E-state index in [9.17, 15) is 4.79 Å². The van der Waals surface area contributed by atoms with Crippen molar-refractivity contribution in [3.63, 3.8) is 0 Å². The molecule has 18 heavy (non-hydrogen) atoms. The minimum atomic E-state index is -1.06. The fourth-order valence-electron chi connectivity index (χ4n) is 1.35. The van der Waals surface area contributed by atoms with Gasteiger partial charge in [-0.1, -0.05) is 11.6 Å². The van der Waals surface area contributed by atoms with Crippen molar-refractivity contribution in [3.05, 3.63) is 39.3 Å². The van der Waals surface area contributed by atoms with Crippen LogP contribution in [0.4, 0.5) is 5.95 Å². The molecule has 94 valence electrons. The Morgan fingerprint density at radius 3 is 2.94 bits per heavy atom. The van der Waals surface area contributed by atoms with Gasteiger partial charge >= 0.3 is 5.97 Å². The molecule has 0 unspecified atom stereocenters. The number of aromatic nitrogens is 2. The van der Waals surface area contributed by atoms with Gasteiger partial charge in [-0.3, -0.25) is 0 Å². The summed E-state index contributed by atoms with van der Waals surface area (Å²) in [5.41, 5.74) is -0.0216. The molecule has 0 amide bonds. The number of nitrogens with zero attached hydrogens (tertiary/aromatic N) is 2. The monoisotopic (exact) mass is 283 g/mol. The maximum atomic E-state index is 10.7. The fourth-order valence-corrected chi connectivity index (χ4v) is 2.43. The van der Waals surface area contributed by atoms with Crippen LogP contribution in [0.2, 0.25) is 4.34 Å². The largest absolute Gasteiger partial charge is 0.477 e. The van der Waals surface area contributed by atoms with E-state index in [1.165, 1.54) is 23.6 Å². The van der Waals surface area contributed by atoms with E-state index in [0.29, 0.717) is 12.5 Å². The van der Waals surface area contributed by atoms with Gasteiger partial charge in [0, 0.05) is 17.6 Å². The Balaban J connectivity index is 1.90. The maximum Gasteiger partial charge on any atom is 0.354 e. The van der Waals surface area contributed by atoms with Crippen LogP contribution in [-0.2, 0) is 6.42 Å². The Bertz CT molecular complexity index is 559. The Kier molecular flexibility index (Phi) is 4.11. The van der Waals surface area contributed by atoms with Crippen LogP contribution in [0.5, 0.6) is 0 Å². The predicted octanol–water partition coefficient (Wildman–Crippen LogP) is 2.54. The van der Waals surface area contributed by atoms with E-state index in [0.717, 1.165) is 15.6 Å². The molecule has 0 aliphatic rings. The first-order valence-corrected chi connectivity index (χ1v) is 6.39. The van der Waals surface area contributed by atoms with Crippen LogP contribution in [0, 0.1) is 0 Å². The summed E-state index contributed by atoms with van der Waals surface area (Å²) >= 11 is 7.34. The molecule has 0 saturated carbocycles. The molecule has 0 bridgehead atoms. The van der Waals surface area contributed by atoms with Gasteiger partial charge in [0.25, 0.3) is 0 Å². The second-order valence-electron chi connectivity index (χ2n) is 3.45. The molecule has 0 fully saturated rings. The van der Waals surface area contributed by atoms with Gasteiger partial charge in [0.15, 0.2) is 5.69 Å². The summed E-state index contributed by atoms with van der Waals surface area (Å²) in [6.45, 7) is 0.625. The third kappa shape index (κ3) is 3.41.